The Kier molecular flexibility index (Phi) is 3.09. The number of aromatic hydroxyl groups is 1. The van der Waals surface area contributed by atoms with Gasteiger partial charge in [-0.25, -0.2) is 0 Å². The molecule has 0 saturated carbocycles. The molecule has 0 aromatic heterocycles. The SMILES string of the molecule is NCCC(O)c1cc2c(c(Cl)c1O)OCO2. The van der Waals surface area contributed by atoms with Crippen molar-refractivity contribution in [2.45, 2.75) is 12.5 Å². The Balaban J connectivity index is 2.43. The molecule has 0 fully saturated rings. The lowest BCUT2D eigenvalue weighted by atomic mass is 10.0. The normalized spacial score (nSPS) is 15.2. The number of halogens is 1. The molecule has 88 valence electrons. The van der Waals surface area contributed by atoms with Crippen LogP contribution in [0.15, 0.2) is 6.07 Å². The molecule has 1 atom stereocenters. The van der Waals surface area contributed by atoms with Gasteiger partial charge < -0.3 is 25.4 Å². The predicted molar refractivity (Wildman–Crippen MR) is 57.9 cm³/mol. The topological polar surface area (TPSA) is 84.9 Å². The van der Waals surface area contributed by atoms with Crippen LogP contribution in [0.5, 0.6) is 17.2 Å². The first-order chi connectivity index (χ1) is 7.65. The average Bonchev–Trinajstić information content (AvgIpc) is 2.71. The molecule has 0 radical (unpaired) electrons. The first-order valence-corrected chi connectivity index (χ1v) is 5.22. The first-order valence-electron chi connectivity index (χ1n) is 4.84. The van der Waals surface area contributed by atoms with Crippen molar-refractivity contribution in [2.75, 3.05) is 13.3 Å². The first kappa shape index (κ1) is 11.3. The summed E-state index contributed by atoms with van der Waals surface area (Å²) in [6.45, 7) is 0.373. The van der Waals surface area contributed by atoms with Gasteiger partial charge in [-0.15, -0.1) is 0 Å². The van der Waals surface area contributed by atoms with Crippen LogP contribution < -0.4 is 15.2 Å². The molecule has 1 aromatic carbocycles. The van der Waals surface area contributed by atoms with E-state index in [-0.39, 0.29) is 17.6 Å². The highest BCUT2D eigenvalue weighted by atomic mass is 35.5. The van der Waals surface area contributed by atoms with Crippen molar-refractivity contribution in [3.05, 3.63) is 16.7 Å². The van der Waals surface area contributed by atoms with Crippen LogP contribution in [0.4, 0.5) is 0 Å². The molecule has 2 rings (SSSR count). The van der Waals surface area contributed by atoms with Gasteiger partial charge in [0, 0.05) is 5.56 Å². The molecule has 1 aliphatic rings. The van der Waals surface area contributed by atoms with Crippen molar-refractivity contribution in [3.8, 4) is 17.2 Å². The summed E-state index contributed by atoms with van der Waals surface area (Å²) in [5.74, 6) is 0.545. The molecule has 1 heterocycles. The molecule has 0 spiro atoms. The number of rotatable bonds is 3. The second-order valence-corrected chi connectivity index (χ2v) is 3.83. The summed E-state index contributed by atoms with van der Waals surface area (Å²) >= 11 is 5.89. The molecule has 16 heavy (non-hydrogen) atoms. The summed E-state index contributed by atoms with van der Waals surface area (Å²) < 4.78 is 10.2. The Morgan fingerprint density at radius 3 is 2.94 bits per heavy atom. The minimum Gasteiger partial charge on any atom is -0.506 e. The van der Waals surface area contributed by atoms with Crippen LogP contribution in [0.1, 0.15) is 18.1 Å². The fourth-order valence-electron chi connectivity index (χ4n) is 1.58. The number of aliphatic hydroxyl groups is 1. The third kappa shape index (κ3) is 1.77. The zero-order chi connectivity index (χ0) is 11.7. The van der Waals surface area contributed by atoms with Gasteiger partial charge in [-0.3, -0.25) is 0 Å². The largest absolute Gasteiger partial charge is 0.506 e. The Morgan fingerprint density at radius 1 is 1.50 bits per heavy atom. The predicted octanol–water partition coefficient (Wildman–Crippen LogP) is 1.16. The zero-order valence-corrected chi connectivity index (χ0v) is 9.20. The zero-order valence-electron chi connectivity index (χ0n) is 8.44. The van der Waals surface area contributed by atoms with Crippen LogP contribution in [0.2, 0.25) is 5.02 Å². The third-order valence-corrected chi connectivity index (χ3v) is 2.76. The van der Waals surface area contributed by atoms with Crippen molar-refractivity contribution < 1.29 is 19.7 Å². The van der Waals surface area contributed by atoms with Gasteiger partial charge in [0.1, 0.15) is 10.8 Å². The molecule has 0 amide bonds. The number of phenolic OH excluding ortho intramolecular Hbond substituents is 1. The van der Waals surface area contributed by atoms with Crippen LogP contribution in [0.25, 0.3) is 0 Å². The van der Waals surface area contributed by atoms with Crippen molar-refractivity contribution in [1.82, 2.24) is 0 Å². The van der Waals surface area contributed by atoms with E-state index in [1.54, 1.807) is 0 Å². The number of benzene rings is 1. The highest BCUT2D eigenvalue weighted by Crippen LogP contribution is 2.47. The second-order valence-electron chi connectivity index (χ2n) is 3.46. The number of ether oxygens (including phenoxy) is 2. The smallest absolute Gasteiger partial charge is 0.231 e. The molecular weight excluding hydrogens is 234 g/mol. The number of fused-ring (bicyclic) bond motifs is 1. The summed E-state index contributed by atoms with van der Waals surface area (Å²) in [5.41, 5.74) is 5.64. The van der Waals surface area contributed by atoms with Gasteiger partial charge in [0.2, 0.25) is 6.79 Å². The number of aliphatic hydroxyl groups excluding tert-OH is 1. The number of hydrogen-bond donors (Lipinski definition) is 3. The van der Waals surface area contributed by atoms with Crippen molar-refractivity contribution in [1.29, 1.82) is 0 Å². The van der Waals surface area contributed by atoms with E-state index in [4.69, 9.17) is 26.8 Å². The van der Waals surface area contributed by atoms with E-state index in [1.807, 2.05) is 0 Å². The molecule has 0 saturated heterocycles. The molecule has 1 aliphatic heterocycles. The molecular formula is C10H12ClNO4. The molecule has 0 aliphatic carbocycles. The quantitative estimate of drug-likeness (QED) is 0.744. The fourth-order valence-corrected chi connectivity index (χ4v) is 1.84. The summed E-state index contributed by atoms with van der Waals surface area (Å²) in [6, 6.07) is 1.52. The van der Waals surface area contributed by atoms with Gasteiger partial charge in [0.15, 0.2) is 11.5 Å². The van der Waals surface area contributed by atoms with Gasteiger partial charge in [0.05, 0.1) is 6.10 Å². The highest BCUT2D eigenvalue weighted by Gasteiger charge is 2.25. The number of phenols is 1. The molecule has 1 unspecified atom stereocenters. The van der Waals surface area contributed by atoms with Crippen LogP contribution in [0.3, 0.4) is 0 Å². The van der Waals surface area contributed by atoms with E-state index < -0.39 is 6.10 Å². The van der Waals surface area contributed by atoms with Gasteiger partial charge >= 0.3 is 0 Å². The Labute approximate surface area is 97.3 Å². The van der Waals surface area contributed by atoms with Gasteiger partial charge in [-0.2, -0.15) is 0 Å². The lowest BCUT2D eigenvalue weighted by molar-refractivity contribution is 0.165. The monoisotopic (exact) mass is 245 g/mol. The van der Waals surface area contributed by atoms with Crippen LogP contribution >= 0.6 is 11.6 Å². The van der Waals surface area contributed by atoms with E-state index >= 15 is 0 Å². The maximum atomic E-state index is 9.79. The van der Waals surface area contributed by atoms with E-state index in [9.17, 15) is 10.2 Å². The van der Waals surface area contributed by atoms with E-state index in [0.717, 1.165) is 0 Å². The highest BCUT2D eigenvalue weighted by molar-refractivity contribution is 6.34. The second kappa shape index (κ2) is 4.37. The minimum absolute atomic E-state index is 0.0565. The molecule has 6 heteroatoms. The summed E-state index contributed by atoms with van der Waals surface area (Å²) in [6.07, 6.45) is -0.527. The van der Waals surface area contributed by atoms with Crippen molar-refractivity contribution in [2.24, 2.45) is 5.73 Å². The van der Waals surface area contributed by atoms with Crippen LogP contribution in [0, 0.1) is 0 Å². The summed E-state index contributed by atoms with van der Waals surface area (Å²) in [5, 5.41) is 19.6. The maximum absolute atomic E-state index is 9.79. The van der Waals surface area contributed by atoms with E-state index in [2.05, 4.69) is 0 Å². The lowest BCUT2D eigenvalue weighted by Crippen LogP contribution is -2.07. The van der Waals surface area contributed by atoms with Crippen molar-refractivity contribution >= 4 is 11.6 Å². The van der Waals surface area contributed by atoms with Crippen LogP contribution in [-0.2, 0) is 0 Å². The molecule has 4 N–H and O–H groups in total. The molecule has 0 bridgehead atoms. The Bertz CT molecular complexity index is 410. The van der Waals surface area contributed by atoms with E-state index in [0.29, 0.717) is 30.0 Å². The Morgan fingerprint density at radius 2 is 2.25 bits per heavy atom. The third-order valence-electron chi connectivity index (χ3n) is 2.41. The number of hydrogen-bond acceptors (Lipinski definition) is 5. The number of nitrogens with two attached hydrogens (primary N) is 1. The average molecular weight is 246 g/mol. The minimum atomic E-state index is -0.864. The molecule has 5 nitrogen and oxygen atoms in total. The van der Waals surface area contributed by atoms with E-state index in [1.165, 1.54) is 6.07 Å². The standard InChI is InChI=1S/C10H12ClNO4/c11-8-9(14)5(6(13)1-2-12)3-7-10(8)16-4-15-7/h3,6,13-14H,1-2,4,12H2. The lowest BCUT2D eigenvalue weighted by Gasteiger charge is -2.13. The Hall–Kier alpha value is -1.17. The van der Waals surface area contributed by atoms with Gasteiger partial charge in [-0.1, -0.05) is 11.6 Å². The van der Waals surface area contributed by atoms with Gasteiger partial charge in [0.25, 0.3) is 0 Å². The molecule has 1 aromatic rings. The van der Waals surface area contributed by atoms with Gasteiger partial charge in [-0.05, 0) is 19.0 Å². The summed E-state index contributed by atoms with van der Waals surface area (Å²) in [4.78, 5) is 0. The van der Waals surface area contributed by atoms with Crippen molar-refractivity contribution in [3.63, 3.8) is 0 Å². The summed E-state index contributed by atoms with van der Waals surface area (Å²) in [7, 11) is 0. The fraction of sp³-hybridized carbons (Fsp3) is 0.400. The maximum Gasteiger partial charge on any atom is 0.231 e. The van der Waals surface area contributed by atoms with Crippen LogP contribution in [-0.4, -0.2) is 23.6 Å².